The van der Waals surface area contributed by atoms with Crippen LogP contribution in [0.15, 0.2) is 18.2 Å². The highest BCUT2D eigenvalue weighted by Gasteiger charge is 2.30. The van der Waals surface area contributed by atoms with Crippen molar-refractivity contribution in [3.63, 3.8) is 0 Å². The first-order valence-corrected chi connectivity index (χ1v) is 11.3. The lowest BCUT2D eigenvalue weighted by Crippen LogP contribution is -2.20. The molecule has 2 aromatic rings. The maximum Gasteiger partial charge on any atom is 0.207 e. The Morgan fingerprint density at radius 3 is 2.31 bits per heavy atom. The lowest BCUT2D eigenvalue weighted by Gasteiger charge is -2.28. The van der Waals surface area contributed by atoms with Crippen LogP contribution in [0, 0.1) is 29.3 Å². The Labute approximate surface area is 185 Å². The first kappa shape index (κ1) is 22.7. The van der Waals surface area contributed by atoms with Crippen molar-refractivity contribution >= 4 is 0 Å². The standard InChI is InChI=1S/C25H28F4O3/c1-2-30-19-10-9-17-12-18-13-20(21(27)23(29)25(18)32-24(17)22(19)28)31-14-16-7-5-15(6-8-16)4-3-11-26/h9-10,13,15-16H,2-8,11-12,14H2,1H3. The molecular formula is C25H28F4O3. The van der Waals surface area contributed by atoms with Gasteiger partial charge in [-0.2, -0.15) is 13.2 Å². The van der Waals surface area contributed by atoms with Gasteiger partial charge in [0.2, 0.25) is 17.5 Å². The second-order valence-corrected chi connectivity index (χ2v) is 8.60. The summed E-state index contributed by atoms with van der Waals surface area (Å²) in [6.45, 7) is 2.02. The van der Waals surface area contributed by atoms with E-state index >= 15 is 0 Å². The number of alkyl halides is 1. The van der Waals surface area contributed by atoms with E-state index in [1.807, 2.05) is 0 Å². The summed E-state index contributed by atoms with van der Waals surface area (Å²) in [5.41, 5.74) is 0.937. The fraction of sp³-hybridized carbons (Fsp3) is 0.520. The van der Waals surface area contributed by atoms with Crippen LogP contribution >= 0.6 is 0 Å². The van der Waals surface area contributed by atoms with Gasteiger partial charge in [0.05, 0.1) is 19.9 Å². The van der Waals surface area contributed by atoms with E-state index < -0.39 is 17.5 Å². The van der Waals surface area contributed by atoms with E-state index in [0.29, 0.717) is 30.1 Å². The normalized spacial score (nSPS) is 19.7. The SMILES string of the molecule is CCOc1ccc2c(c1F)Oc1c(cc(OCC3CCC(CCCF)CC3)c(F)c1F)C2. The van der Waals surface area contributed by atoms with Crippen molar-refractivity contribution in [2.75, 3.05) is 19.9 Å². The molecule has 7 heteroatoms. The molecule has 0 amide bonds. The topological polar surface area (TPSA) is 27.7 Å². The van der Waals surface area contributed by atoms with Gasteiger partial charge in [0.1, 0.15) is 0 Å². The summed E-state index contributed by atoms with van der Waals surface area (Å²) < 4.78 is 72.8. The molecule has 1 heterocycles. The van der Waals surface area contributed by atoms with Gasteiger partial charge in [-0.25, -0.2) is 0 Å². The second-order valence-electron chi connectivity index (χ2n) is 8.60. The van der Waals surface area contributed by atoms with Crippen molar-refractivity contribution in [2.24, 2.45) is 11.8 Å². The van der Waals surface area contributed by atoms with Crippen LogP contribution in [0.5, 0.6) is 23.0 Å². The highest BCUT2D eigenvalue weighted by Crippen LogP contribution is 2.45. The molecule has 0 bridgehead atoms. The fourth-order valence-electron chi connectivity index (χ4n) is 4.64. The summed E-state index contributed by atoms with van der Waals surface area (Å²) in [6.07, 6.45) is 5.59. The molecule has 1 aliphatic carbocycles. The second kappa shape index (κ2) is 10.0. The molecule has 0 spiro atoms. The largest absolute Gasteiger partial charge is 0.491 e. The van der Waals surface area contributed by atoms with Crippen LogP contribution in [0.1, 0.15) is 56.6 Å². The van der Waals surface area contributed by atoms with Gasteiger partial charge in [-0.1, -0.05) is 18.9 Å². The van der Waals surface area contributed by atoms with Crippen LogP contribution in [0.25, 0.3) is 0 Å². The zero-order valence-electron chi connectivity index (χ0n) is 18.2. The van der Waals surface area contributed by atoms with Gasteiger partial charge >= 0.3 is 0 Å². The molecule has 3 nitrogen and oxygen atoms in total. The molecule has 0 unspecified atom stereocenters. The van der Waals surface area contributed by atoms with Crippen LogP contribution in [0.2, 0.25) is 0 Å². The van der Waals surface area contributed by atoms with E-state index in [9.17, 15) is 17.6 Å². The van der Waals surface area contributed by atoms with Gasteiger partial charge in [-0.15, -0.1) is 0 Å². The average Bonchev–Trinajstić information content (AvgIpc) is 2.81. The van der Waals surface area contributed by atoms with Crippen molar-refractivity contribution in [3.8, 4) is 23.0 Å². The maximum atomic E-state index is 14.8. The molecule has 1 saturated carbocycles. The van der Waals surface area contributed by atoms with E-state index in [1.165, 1.54) is 12.1 Å². The molecule has 0 radical (unpaired) electrons. The lowest BCUT2D eigenvalue weighted by atomic mass is 9.80. The minimum atomic E-state index is -1.18. The van der Waals surface area contributed by atoms with Crippen molar-refractivity contribution in [1.29, 1.82) is 0 Å². The third-order valence-corrected chi connectivity index (χ3v) is 6.42. The van der Waals surface area contributed by atoms with Gasteiger partial charge in [0.25, 0.3) is 0 Å². The number of fused-ring (bicyclic) bond motifs is 2. The third kappa shape index (κ3) is 4.66. The fourth-order valence-corrected chi connectivity index (χ4v) is 4.64. The van der Waals surface area contributed by atoms with Crippen LogP contribution in [-0.4, -0.2) is 19.9 Å². The Morgan fingerprint density at radius 1 is 0.875 bits per heavy atom. The number of halogens is 4. The molecule has 1 aliphatic heterocycles. The van der Waals surface area contributed by atoms with E-state index in [4.69, 9.17) is 14.2 Å². The van der Waals surface area contributed by atoms with Gasteiger partial charge in [-0.3, -0.25) is 4.39 Å². The molecule has 2 aromatic carbocycles. The summed E-state index contributed by atoms with van der Waals surface area (Å²) in [7, 11) is 0. The summed E-state index contributed by atoms with van der Waals surface area (Å²) in [6, 6.07) is 4.61. The molecule has 0 saturated heterocycles. The van der Waals surface area contributed by atoms with E-state index in [1.54, 1.807) is 13.0 Å². The highest BCUT2D eigenvalue weighted by atomic mass is 19.2. The van der Waals surface area contributed by atoms with Gasteiger partial charge in [0.15, 0.2) is 23.0 Å². The van der Waals surface area contributed by atoms with Gasteiger partial charge < -0.3 is 14.2 Å². The summed E-state index contributed by atoms with van der Waals surface area (Å²) in [5, 5.41) is 0. The minimum Gasteiger partial charge on any atom is -0.491 e. The quantitative estimate of drug-likeness (QED) is 0.340. The predicted octanol–water partition coefficient (Wildman–Crippen LogP) is 7.13. The number of rotatable bonds is 8. The van der Waals surface area contributed by atoms with E-state index in [0.717, 1.165) is 32.1 Å². The zero-order chi connectivity index (χ0) is 22.7. The molecule has 1 fully saturated rings. The summed E-state index contributed by atoms with van der Waals surface area (Å²) in [5.74, 6) is -2.84. The van der Waals surface area contributed by atoms with E-state index in [2.05, 4.69) is 0 Å². The van der Waals surface area contributed by atoms with E-state index in [-0.39, 0.29) is 48.6 Å². The minimum absolute atomic E-state index is 0.00921. The van der Waals surface area contributed by atoms with Crippen molar-refractivity contribution < 1.29 is 31.8 Å². The Kier molecular flexibility index (Phi) is 7.11. The predicted molar refractivity (Wildman–Crippen MR) is 113 cm³/mol. The molecule has 4 rings (SSSR count). The molecule has 0 N–H and O–H groups in total. The number of hydrogen-bond acceptors (Lipinski definition) is 3. The third-order valence-electron chi connectivity index (χ3n) is 6.42. The number of hydrogen-bond donors (Lipinski definition) is 0. The Balaban J connectivity index is 1.45. The molecule has 2 aliphatic rings. The van der Waals surface area contributed by atoms with Crippen molar-refractivity contribution in [1.82, 2.24) is 0 Å². The Bertz CT molecular complexity index is 955. The van der Waals surface area contributed by atoms with Crippen molar-refractivity contribution in [2.45, 2.75) is 51.9 Å². The Hall–Kier alpha value is -2.44. The smallest absolute Gasteiger partial charge is 0.207 e. The summed E-state index contributed by atoms with van der Waals surface area (Å²) in [4.78, 5) is 0. The first-order chi connectivity index (χ1) is 15.5. The molecule has 0 atom stereocenters. The molecule has 174 valence electrons. The molecule has 32 heavy (non-hydrogen) atoms. The van der Waals surface area contributed by atoms with Crippen LogP contribution in [-0.2, 0) is 6.42 Å². The van der Waals surface area contributed by atoms with Crippen molar-refractivity contribution in [3.05, 3.63) is 46.8 Å². The molecule has 0 aromatic heterocycles. The van der Waals surface area contributed by atoms with Crippen LogP contribution < -0.4 is 14.2 Å². The highest BCUT2D eigenvalue weighted by molar-refractivity contribution is 5.55. The average molecular weight is 452 g/mol. The monoisotopic (exact) mass is 452 g/mol. The maximum absolute atomic E-state index is 14.8. The lowest BCUT2D eigenvalue weighted by molar-refractivity contribution is 0.171. The zero-order valence-corrected chi connectivity index (χ0v) is 18.2. The Morgan fingerprint density at radius 2 is 1.59 bits per heavy atom. The molecular weight excluding hydrogens is 424 g/mol. The number of benzene rings is 2. The summed E-state index contributed by atoms with van der Waals surface area (Å²) >= 11 is 0. The number of ether oxygens (including phenoxy) is 3. The first-order valence-electron chi connectivity index (χ1n) is 11.3. The van der Waals surface area contributed by atoms with Gasteiger partial charge in [-0.05, 0) is 56.6 Å². The van der Waals surface area contributed by atoms with Gasteiger partial charge in [0, 0.05) is 17.5 Å². The van der Waals surface area contributed by atoms with Crippen LogP contribution in [0.4, 0.5) is 17.6 Å². The van der Waals surface area contributed by atoms with Crippen LogP contribution in [0.3, 0.4) is 0 Å².